The molecule has 0 spiro atoms. The van der Waals surface area contributed by atoms with Crippen molar-refractivity contribution in [2.45, 2.75) is 26.9 Å². The zero-order valence-electron chi connectivity index (χ0n) is 11.0. The molecule has 0 aromatic carbocycles. The fourth-order valence-electron chi connectivity index (χ4n) is 1.47. The number of nitrogens with one attached hydrogen (secondary N) is 1. The molecule has 102 valence electrons. The lowest BCUT2D eigenvalue weighted by atomic mass is 9.90. The van der Waals surface area contributed by atoms with Gasteiger partial charge in [-0.1, -0.05) is 25.4 Å². The van der Waals surface area contributed by atoms with E-state index in [0.717, 1.165) is 6.42 Å². The Morgan fingerprint density at radius 3 is 2.78 bits per heavy atom. The average Bonchev–Trinajstić information content (AvgIpc) is 2.26. The van der Waals surface area contributed by atoms with Gasteiger partial charge in [0.25, 0.3) is 0 Å². The van der Waals surface area contributed by atoms with Gasteiger partial charge >= 0.3 is 0 Å². The van der Waals surface area contributed by atoms with E-state index in [0.29, 0.717) is 29.9 Å². The maximum absolute atomic E-state index is 8.97. The molecule has 0 radical (unpaired) electrons. The minimum Gasteiger partial charge on any atom is -0.396 e. The number of anilines is 1. The van der Waals surface area contributed by atoms with E-state index in [-0.39, 0.29) is 12.0 Å². The first kappa shape index (κ1) is 15.1. The molecular formula is C12H20ClN3O2. The number of aliphatic hydroxyl groups is 1. The Labute approximate surface area is 113 Å². The SMILES string of the molecule is COCc1nc(Cl)cc(NCC(C)(C)CCO)n1. The van der Waals surface area contributed by atoms with E-state index in [1.54, 1.807) is 13.2 Å². The number of nitrogens with zero attached hydrogens (tertiary/aromatic N) is 2. The fourth-order valence-corrected chi connectivity index (χ4v) is 1.67. The number of hydrogen-bond donors (Lipinski definition) is 2. The van der Waals surface area contributed by atoms with Crippen LogP contribution in [0.25, 0.3) is 0 Å². The molecule has 1 heterocycles. The van der Waals surface area contributed by atoms with E-state index in [1.807, 2.05) is 0 Å². The summed E-state index contributed by atoms with van der Waals surface area (Å²) >= 11 is 5.91. The van der Waals surface area contributed by atoms with Crippen LogP contribution in [0.3, 0.4) is 0 Å². The Kier molecular flexibility index (Phi) is 5.78. The van der Waals surface area contributed by atoms with Crippen LogP contribution in [0, 0.1) is 5.41 Å². The number of rotatable bonds is 7. The van der Waals surface area contributed by atoms with Crippen LogP contribution < -0.4 is 5.32 Å². The number of ether oxygens (including phenoxy) is 1. The highest BCUT2D eigenvalue weighted by molar-refractivity contribution is 6.29. The maximum atomic E-state index is 8.97. The zero-order chi connectivity index (χ0) is 13.6. The average molecular weight is 274 g/mol. The highest BCUT2D eigenvalue weighted by Crippen LogP contribution is 2.21. The first-order valence-electron chi connectivity index (χ1n) is 5.84. The molecule has 2 N–H and O–H groups in total. The molecule has 0 saturated carbocycles. The summed E-state index contributed by atoms with van der Waals surface area (Å²) < 4.78 is 4.98. The van der Waals surface area contributed by atoms with Gasteiger partial charge in [-0.15, -0.1) is 0 Å². The van der Waals surface area contributed by atoms with Crippen LogP contribution in [0.4, 0.5) is 5.82 Å². The van der Waals surface area contributed by atoms with Gasteiger partial charge in [0.15, 0.2) is 5.82 Å². The molecule has 0 amide bonds. The monoisotopic (exact) mass is 273 g/mol. The van der Waals surface area contributed by atoms with Crippen molar-refractivity contribution in [1.82, 2.24) is 9.97 Å². The molecule has 0 aliphatic rings. The number of halogens is 1. The van der Waals surface area contributed by atoms with Gasteiger partial charge in [0.05, 0.1) is 0 Å². The number of aromatic nitrogens is 2. The standard InChI is InChI=1S/C12H20ClN3O2/c1-12(2,4-5-17)8-14-10-6-9(13)15-11(16-10)7-18-3/h6,17H,4-5,7-8H2,1-3H3,(H,14,15,16). The van der Waals surface area contributed by atoms with Crippen LogP contribution in [0.5, 0.6) is 0 Å². The lowest BCUT2D eigenvalue weighted by Gasteiger charge is -2.24. The highest BCUT2D eigenvalue weighted by atomic mass is 35.5. The second kappa shape index (κ2) is 6.87. The number of methoxy groups -OCH3 is 1. The minimum atomic E-state index is -0.00635. The minimum absolute atomic E-state index is 0.00635. The Bertz CT molecular complexity index is 386. The van der Waals surface area contributed by atoms with Crippen LogP contribution in [0.15, 0.2) is 6.07 Å². The van der Waals surface area contributed by atoms with Gasteiger partial charge < -0.3 is 15.2 Å². The third-order valence-corrected chi connectivity index (χ3v) is 2.74. The number of hydrogen-bond acceptors (Lipinski definition) is 5. The van der Waals surface area contributed by atoms with E-state index in [4.69, 9.17) is 21.4 Å². The third kappa shape index (κ3) is 5.16. The fraction of sp³-hybridized carbons (Fsp3) is 0.667. The summed E-state index contributed by atoms with van der Waals surface area (Å²) in [6.07, 6.45) is 0.726. The smallest absolute Gasteiger partial charge is 0.158 e. The summed E-state index contributed by atoms with van der Waals surface area (Å²) in [5.41, 5.74) is -0.00635. The second-order valence-electron chi connectivity index (χ2n) is 4.92. The van der Waals surface area contributed by atoms with E-state index in [2.05, 4.69) is 29.1 Å². The summed E-state index contributed by atoms with van der Waals surface area (Å²) in [6, 6.07) is 1.68. The molecular weight excluding hydrogens is 254 g/mol. The molecule has 6 heteroatoms. The largest absolute Gasteiger partial charge is 0.396 e. The summed E-state index contributed by atoms with van der Waals surface area (Å²) in [5.74, 6) is 1.22. The van der Waals surface area contributed by atoms with Gasteiger partial charge in [0.2, 0.25) is 0 Å². The van der Waals surface area contributed by atoms with Gasteiger partial charge in [0.1, 0.15) is 17.6 Å². The quantitative estimate of drug-likeness (QED) is 0.745. The molecule has 0 aliphatic heterocycles. The van der Waals surface area contributed by atoms with Crippen molar-refractivity contribution in [3.05, 3.63) is 17.0 Å². The highest BCUT2D eigenvalue weighted by Gasteiger charge is 2.17. The van der Waals surface area contributed by atoms with Gasteiger partial charge in [0, 0.05) is 26.3 Å². The number of aliphatic hydroxyl groups excluding tert-OH is 1. The molecule has 1 aromatic heterocycles. The Hall–Kier alpha value is -0.910. The van der Waals surface area contributed by atoms with Crippen LogP contribution in [0.1, 0.15) is 26.1 Å². The Morgan fingerprint density at radius 2 is 2.17 bits per heavy atom. The van der Waals surface area contributed by atoms with Crippen molar-refractivity contribution in [3.8, 4) is 0 Å². The van der Waals surface area contributed by atoms with Crippen LogP contribution in [-0.2, 0) is 11.3 Å². The first-order chi connectivity index (χ1) is 8.46. The molecule has 5 nitrogen and oxygen atoms in total. The van der Waals surface area contributed by atoms with Gasteiger partial charge in [-0.3, -0.25) is 0 Å². The van der Waals surface area contributed by atoms with Crippen LogP contribution in [-0.4, -0.2) is 35.3 Å². The normalized spacial score (nSPS) is 11.6. The molecule has 0 atom stereocenters. The molecule has 1 rings (SSSR count). The topological polar surface area (TPSA) is 67.3 Å². The van der Waals surface area contributed by atoms with Crippen molar-refractivity contribution >= 4 is 17.4 Å². The second-order valence-corrected chi connectivity index (χ2v) is 5.30. The first-order valence-corrected chi connectivity index (χ1v) is 6.22. The van der Waals surface area contributed by atoms with Gasteiger partial charge in [-0.25, -0.2) is 9.97 Å². The summed E-state index contributed by atoms with van der Waals surface area (Å²) in [4.78, 5) is 8.35. The predicted molar refractivity (Wildman–Crippen MR) is 71.7 cm³/mol. The molecule has 0 unspecified atom stereocenters. The molecule has 0 aliphatic carbocycles. The van der Waals surface area contributed by atoms with E-state index >= 15 is 0 Å². The van der Waals surface area contributed by atoms with Crippen molar-refractivity contribution < 1.29 is 9.84 Å². The molecule has 0 saturated heterocycles. The van der Waals surface area contributed by atoms with Crippen molar-refractivity contribution in [2.75, 3.05) is 25.6 Å². The summed E-state index contributed by atoms with van der Waals surface area (Å²) in [7, 11) is 1.59. The van der Waals surface area contributed by atoms with E-state index in [1.165, 1.54) is 0 Å². The molecule has 0 bridgehead atoms. The summed E-state index contributed by atoms with van der Waals surface area (Å²) in [5, 5.41) is 12.6. The van der Waals surface area contributed by atoms with Crippen LogP contribution >= 0.6 is 11.6 Å². The van der Waals surface area contributed by atoms with Crippen LogP contribution in [0.2, 0.25) is 5.15 Å². The van der Waals surface area contributed by atoms with Gasteiger partial charge in [-0.2, -0.15) is 0 Å². The lowest BCUT2D eigenvalue weighted by molar-refractivity contribution is 0.178. The van der Waals surface area contributed by atoms with Crippen molar-refractivity contribution in [3.63, 3.8) is 0 Å². The third-order valence-electron chi connectivity index (χ3n) is 2.55. The molecule has 18 heavy (non-hydrogen) atoms. The molecule has 1 aromatic rings. The van der Waals surface area contributed by atoms with E-state index in [9.17, 15) is 0 Å². The Morgan fingerprint density at radius 1 is 1.44 bits per heavy atom. The predicted octanol–water partition coefficient (Wildman–Crippen LogP) is 2.10. The Balaban J connectivity index is 2.66. The summed E-state index contributed by atoms with van der Waals surface area (Å²) in [6.45, 7) is 5.36. The molecule has 0 fully saturated rings. The van der Waals surface area contributed by atoms with E-state index < -0.39 is 0 Å². The van der Waals surface area contributed by atoms with Crippen molar-refractivity contribution in [1.29, 1.82) is 0 Å². The maximum Gasteiger partial charge on any atom is 0.158 e. The van der Waals surface area contributed by atoms with Crippen molar-refractivity contribution in [2.24, 2.45) is 5.41 Å². The lowest BCUT2D eigenvalue weighted by Crippen LogP contribution is -2.24. The van der Waals surface area contributed by atoms with Gasteiger partial charge in [-0.05, 0) is 11.8 Å². The zero-order valence-corrected chi connectivity index (χ0v) is 11.8.